The summed E-state index contributed by atoms with van der Waals surface area (Å²) in [5, 5.41) is 2.71. The van der Waals surface area contributed by atoms with E-state index in [-0.39, 0.29) is 29.3 Å². The van der Waals surface area contributed by atoms with Gasteiger partial charge >= 0.3 is 6.09 Å². The van der Waals surface area contributed by atoms with Crippen LogP contribution >= 0.6 is 11.8 Å². The number of hydrogen-bond donors (Lipinski definition) is 1. The van der Waals surface area contributed by atoms with E-state index in [9.17, 15) is 18.0 Å². The number of carbonyl (C=O) groups is 2. The molecule has 0 radical (unpaired) electrons. The smallest absolute Gasteiger partial charge is 0.408 e. The summed E-state index contributed by atoms with van der Waals surface area (Å²) in [5.74, 6) is -0.383. The Bertz CT molecular complexity index is 696. The quantitative estimate of drug-likeness (QED) is 0.709. The monoisotopic (exact) mass is 389 g/mol. The molecule has 1 N–H and O–H groups in total. The fourth-order valence-corrected chi connectivity index (χ4v) is 6.57. The van der Waals surface area contributed by atoms with Crippen molar-refractivity contribution in [1.29, 1.82) is 0 Å². The Morgan fingerprint density at radius 2 is 2.12 bits per heavy atom. The largest absolute Gasteiger partial charge is 0.444 e. The number of ether oxygens (including phenoxy) is 1. The van der Waals surface area contributed by atoms with Crippen LogP contribution in [0.15, 0.2) is 17.6 Å². The summed E-state index contributed by atoms with van der Waals surface area (Å²) in [6, 6.07) is -0.196. The number of thioether (sulfide) groups is 1. The molecule has 2 unspecified atom stereocenters. The van der Waals surface area contributed by atoms with Crippen LogP contribution in [0.3, 0.4) is 0 Å². The van der Waals surface area contributed by atoms with E-state index >= 15 is 0 Å². The van der Waals surface area contributed by atoms with Crippen LogP contribution in [-0.2, 0) is 19.4 Å². The normalized spacial score (nSPS) is 26.4. The number of carbonyl (C=O) groups excluding carboxylic acids is 2. The molecule has 10 heteroatoms. The lowest BCUT2D eigenvalue weighted by molar-refractivity contribution is -0.117. The SMILES string of the molecule is C=CCN1C(=NC(=O)CNC(=O)OC(C)(C)C)SC2CS(=O)(=O)CC21. The van der Waals surface area contributed by atoms with Gasteiger partial charge < -0.3 is 15.0 Å². The maximum Gasteiger partial charge on any atom is 0.408 e. The Kier molecular flexibility index (Phi) is 5.82. The number of rotatable bonds is 4. The highest BCUT2D eigenvalue weighted by Gasteiger charge is 2.48. The van der Waals surface area contributed by atoms with Gasteiger partial charge in [0, 0.05) is 11.8 Å². The fraction of sp³-hybridized carbons (Fsp3) is 0.667. The van der Waals surface area contributed by atoms with Crippen LogP contribution in [0.1, 0.15) is 20.8 Å². The lowest BCUT2D eigenvalue weighted by Gasteiger charge is -2.22. The third-order valence-corrected chi connectivity index (χ3v) is 6.75. The second-order valence-electron chi connectivity index (χ2n) is 6.89. The van der Waals surface area contributed by atoms with Crippen molar-refractivity contribution in [2.24, 2.45) is 4.99 Å². The highest BCUT2D eigenvalue weighted by molar-refractivity contribution is 8.15. The molecule has 25 heavy (non-hydrogen) atoms. The maximum atomic E-state index is 12.0. The first-order chi connectivity index (χ1) is 11.5. The number of nitrogens with zero attached hydrogens (tertiary/aromatic N) is 2. The minimum absolute atomic E-state index is 0.0574. The number of nitrogens with one attached hydrogen (secondary N) is 1. The van der Waals surface area contributed by atoms with E-state index in [0.717, 1.165) is 0 Å². The van der Waals surface area contributed by atoms with E-state index in [0.29, 0.717) is 11.7 Å². The van der Waals surface area contributed by atoms with E-state index in [1.165, 1.54) is 11.8 Å². The molecule has 2 aliphatic rings. The standard InChI is InChI=1S/C15H23N3O5S2/c1-5-6-18-10-8-25(21,22)9-11(10)24-13(18)17-12(19)7-16-14(20)23-15(2,3)4/h5,10-11H,1,6-9H2,2-4H3,(H,16,20). The molecule has 2 aliphatic heterocycles. The molecule has 0 bridgehead atoms. The molecule has 2 heterocycles. The molecule has 0 saturated carbocycles. The summed E-state index contributed by atoms with van der Waals surface area (Å²) in [7, 11) is -3.06. The number of sulfone groups is 1. The third kappa shape index (κ3) is 5.46. The van der Waals surface area contributed by atoms with Gasteiger partial charge in [-0.25, -0.2) is 13.2 Å². The molecule has 8 nitrogen and oxygen atoms in total. The molecule has 2 rings (SSSR count). The molecule has 2 atom stereocenters. The molecular formula is C15H23N3O5S2. The molecule has 0 spiro atoms. The minimum Gasteiger partial charge on any atom is -0.444 e. The van der Waals surface area contributed by atoms with E-state index in [1.807, 2.05) is 0 Å². The van der Waals surface area contributed by atoms with Gasteiger partial charge in [-0.1, -0.05) is 17.8 Å². The number of hydrogen-bond acceptors (Lipinski definition) is 6. The zero-order chi connectivity index (χ0) is 18.8. The van der Waals surface area contributed by atoms with Crippen LogP contribution in [0.5, 0.6) is 0 Å². The van der Waals surface area contributed by atoms with Crippen LogP contribution in [-0.4, -0.2) is 72.0 Å². The molecule has 0 aromatic carbocycles. The van der Waals surface area contributed by atoms with Crippen molar-refractivity contribution in [3.05, 3.63) is 12.7 Å². The van der Waals surface area contributed by atoms with Crippen molar-refractivity contribution < 1.29 is 22.7 Å². The Labute approximate surface area is 152 Å². The number of fused-ring (bicyclic) bond motifs is 1. The van der Waals surface area contributed by atoms with Gasteiger partial charge in [0.2, 0.25) is 0 Å². The van der Waals surface area contributed by atoms with Gasteiger partial charge in [0.05, 0.1) is 17.5 Å². The van der Waals surface area contributed by atoms with Crippen molar-refractivity contribution in [3.63, 3.8) is 0 Å². The Morgan fingerprint density at radius 3 is 2.72 bits per heavy atom. The topological polar surface area (TPSA) is 105 Å². The van der Waals surface area contributed by atoms with Gasteiger partial charge in [-0.15, -0.1) is 6.58 Å². The Morgan fingerprint density at radius 1 is 1.44 bits per heavy atom. The summed E-state index contributed by atoms with van der Waals surface area (Å²) >= 11 is 1.29. The summed E-state index contributed by atoms with van der Waals surface area (Å²) in [5.41, 5.74) is -0.649. The highest BCUT2D eigenvalue weighted by Crippen LogP contribution is 2.37. The molecule has 2 amide bonds. The lowest BCUT2D eigenvalue weighted by Crippen LogP contribution is -2.38. The van der Waals surface area contributed by atoms with Crippen molar-refractivity contribution in [1.82, 2.24) is 10.2 Å². The molecule has 140 valence electrons. The fourth-order valence-electron chi connectivity index (χ4n) is 2.60. The number of amides is 2. The highest BCUT2D eigenvalue weighted by atomic mass is 32.2. The molecule has 0 aromatic rings. The van der Waals surface area contributed by atoms with E-state index in [4.69, 9.17) is 4.74 Å². The first-order valence-electron chi connectivity index (χ1n) is 7.84. The van der Waals surface area contributed by atoms with Crippen LogP contribution in [0.2, 0.25) is 0 Å². The molecule has 2 fully saturated rings. The van der Waals surface area contributed by atoms with Crippen LogP contribution in [0, 0.1) is 0 Å². The number of aliphatic imine (C=N–C) groups is 1. The zero-order valence-corrected chi connectivity index (χ0v) is 16.2. The summed E-state index contributed by atoms with van der Waals surface area (Å²) < 4.78 is 28.6. The molecule has 0 aromatic heterocycles. The minimum atomic E-state index is -3.06. The van der Waals surface area contributed by atoms with Gasteiger partial charge in [-0.05, 0) is 20.8 Å². The van der Waals surface area contributed by atoms with Gasteiger partial charge in [0.1, 0.15) is 12.1 Å². The summed E-state index contributed by atoms with van der Waals surface area (Å²) in [4.78, 5) is 29.4. The summed E-state index contributed by atoms with van der Waals surface area (Å²) in [6.45, 7) is 8.97. The molecule has 2 saturated heterocycles. The van der Waals surface area contributed by atoms with Gasteiger partial charge in [0.25, 0.3) is 5.91 Å². The number of amidine groups is 1. The van der Waals surface area contributed by atoms with E-state index in [1.54, 1.807) is 31.7 Å². The van der Waals surface area contributed by atoms with Crippen molar-refractivity contribution in [2.45, 2.75) is 37.7 Å². The summed E-state index contributed by atoms with van der Waals surface area (Å²) in [6.07, 6.45) is 0.957. The Hall–Kier alpha value is -1.55. The molecule has 0 aliphatic carbocycles. The van der Waals surface area contributed by atoms with Gasteiger partial charge in [-0.3, -0.25) is 4.79 Å². The zero-order valence-electron chi connectivity index (χ0n) is 14.5. The predicted molar refractivity (Wildman–Crippen MR) is 97.4 cm³/mol. The average Bonchev–Trinajstić information content (AvgIpc) is 2.88. The second kappa shape index (κ2) is 7.36. The number of alkyl carbamates (subject to hydrolysis) is 1. The average molecular weight is 389 g/mol. The molecular weight excluding hydrogens is 366 g/mol. The van der Waals surface area contributed by atoms with Crippen molar-refractivity contribution in [3.8, 4) is 0 Å². The van der Waals surface area contributed by atoms with Gasteiger partial charge in [-0.2, -0.15) is 4.99 Å². The lowest BCUT2D eigenvalue weighted by atomic mass is 10.2. The van der Waals surface area contributed by atoms with E-state index < -0.39 is 27.4 Å². The van der Waals surface area contributed by atoms with Crippen LogP contribution in [0.4, 0.5) is 4.79 Å². The first kappa shape index (κ1) is 19.8. The Balaban J connectivity index is 1.98. The van der Waals surface area contributed by atoms with Crippen LogP contribution < -0.4 is 5.32 Å². The third-order valence-electron chi connectivity index (χ3n) is 3.50. The second-order valence-corrected chi connectivity index (χ2v) is 10.2. The van der Waals surface area contributed by atoms with Gasteiger partial charge in [0.15, 0.2) is 15.0 Å². The van der Waals surface area contributed by atoms with Crippen molar-refractivity contribution in [2.75, 3.05) is 24.6 Å². The van der Waals surface area contributed by atoms with Crippen LogP contribution in [0.25, 0.3) is 0 Å². The maximum absolute atomic E-state index is 12.0. The van der Waals surface area contributed by atoms with E-state index in [2.05, 4.69) is 16.9 Å². The predicted octanol–water partition coefficient (Wildman–Crippen LogP) is 0.794. The first-order valence-corrected chi connectivity index (χ1v) is 10.5. The van der Waals surface area contributed by atoms with Crippen molar-refractivity contribution >= 4 is 38.8 Å².